The van der Waals surface area contributed by atoms with Crippen LogP contribution in [0.3, 0.4) is 0 Å². The fraction of sp³-hybridized carbons (Fsp3) is 0.217. The average Bonchev–Trinajstić information content (AvgIpc) is 3.54. The number of benzene rings is 2. The Hall–Kier alpha value is -5.14. The summed E-state index contributed by atoms with van der Waals surface area (Å²) in [4.78, 5) is 13.1. The van der Waals surface area contributed by atoms with Crippen LogP contribution >= 0.6 is 0 Å². The van der Waals surface area contributed by atoms with E-state index < -0.39 is 5.91 Å². The molecular formula is C23H24N8O6. The highest BCUT2D eigenvalue weighted by atomic mass is 16.6. The van der Waals surface area contributed by atoms with E-state index in [-0.39, 0.29) is 17.3 Å². The molecule has 192 valence electrons. The number of anilines is 1. The first-order valence-corrected chi connectivity index (χ1v) is 10.9. The largest absolute Gasteiger partial charge is 0.496 e. The summed E-state index contributed by atoms with van der Waals surface area (Å²) < 4.78 is 27.4. The summed E-state index contributed by atoms with van der Waals surface area (Å²) in [7, 11) is 4.53. The summed E-state index contributed by atoms with van der Waals surface area (Å²) in [6.45, 7) is 2.39. The molecule has 3 N–H and O–H groups in total. The second-order valence-electron chi connectivity index (χ2n) is 7.28. The first-order valence-electron chi connectivity index (χ1n) is 10.9. The minimum absolute atomic E-state index is 0.0254. The van der Waals surface area contributed by atoms with Crippen LogP contribution in [0.4, 0.5) is 5.82 Å². The van der Waals surface area contributed by atoms with Crippen molar-refractivity contribution in [2.24, 2.45) is 5.10 Å². The smallest absolute Gasteiger partial charge is 0.294 e. The Morgan fingerprint density at radius 3 is 2.41 bits per heavy atom. The van der Waals surface area contributed by atoms with Gasteiger partial charge in [0.25, 0.3) is 5.91 Å². The van der Waals surface area contributed by atoms with Crippen molar-refractivity contribution in [2.75, 3.05) is 33.7 Å². The number of amides is 1. The molecule has 2 aromatic heterocycles. The Balaban J connectivity index is 1.66. The molecule has 0 unspecified atom stereocenters. The topological polar surface area (TPSA) is 174 Å². The number of nitrogens with zero attached hydrogens (tertiary/aromatic N) is 6. The van der Waals surface area contributed by atoms with Crippen molar-refractivity contribution < 1.29 is 28.4 Å². The summed E-state index contributed by atoms with van der Waals surface area (Å²) in [6.07, 6.45) is 1.40. The predicted octanol–water partition coefficient (Wildman–Crippen LogP) is 2.09. The predicted molar refractivity (Wildman–Crippen MR) is 131 cm³/mol. The molecule has 14 heteroatoms. The molecule has 0 fully saturated rings. The van der Waals surface area contributed by atoms with Gasteiger partial charge in [0.15, 0.2) is 17.2 Å². The third-order valence-electron chi connectivity index (χ3n) is 5.13. The zero-order chi connectivity index (χ0) is 26.4. The van der Waals surface area contributed by atoms with Crippen LogP contribution in [-0.2, 0) is 0 Å². The second kappa shape index (κ2) is 11.1. The zero-order valence-electron chi connectivity index (χ0n) is 20.5. The summed E-state index contributed by atoms with van der Waals surface area (Å²) in [5.41, 5.74) is 9.69. The fourth-order valence-corrected chi connectivity index (χ4v) is 3.42. The van der Waals surface area contributed by atoms with Crippen molar-refractivity contribution in [1.82, 2.24) is 30.7 Å². The molecule has 0 spiro atoms. The highest BCUT2D eigenvalue weighted by Gasteiger charge is 2.25. The van der Waals surface area contributed by atoms with E-state index in [1.54, 1.807) is 36.4 Å². The number of ether oxygens (including phenoxy) is 4. The molecule has 0 atom stereocenters. The van der Waals surface area contributed by atoms with Gasteiger partial charge in [-0.1, -0.05) is 5.21 Å². The molecule has 37 heavy (non-hydrogen) atoms. The lowest BCUT2D eigenvalue weighted by atomic mass is 10.1. The number of carbonyl (C=O) groups is 1. The van der Waals surface area contributed by atoms with Gasteiger partial charge in [0.05, 0.1) is 34.2 Å². The van der Waals surface area contributed by atoms with Gasteiger partial charge in [0.2, 0.25) is 11.6 Å². The number of hydrogen-bond donors (Lipinski definition) is 2. The molecule has 0 saturated heterocycles. The number of nitrogens with two attached hydrogens (primary N) is 1. The van der Waals surface area contributed by atoms with Gasteiger partial charge in [-0.15, -0.1) is 5.10 Å². The molecule has 14 nitrogen and oxygen atoms in total. The molecule has 0 aliphatic carbocycles. The number of methoxy groups -OCH3 is 3. The Labute approximate surface area is 210 Å². The summed E-state index contributed by atoms with van der Waals surface area (Å²) >= 11 is 0. The standard InChI is InChI=1S/C23H24N8O6/c1-5-36-15-8-6-13(7-9-15)20-19(26-30-31(20)22-21(24)28-37-29-22)23(32)27-25-12-14-10-17(34-3)18(35-4)11-16(14)33-2/h6-12H,5H2,1-4H3,(H2,24,28)(H,27,32)/b25-12+. The van der Waals surface area contributed by atoms with Crippen LogP contribution in [0.2, 0.25) is 0 Å². The van der Waals surface area contributed by atoms with Gasteiger partial charge in [0.1, 0.15) is 17.2 Å². The molecule has 4 aromatic rings. The SMILES string of the molecule is CCOc1ccc(-c2c(C(=O)N/N=C/c3cc(OC)c(OC)cc3OC)nnn2-c2nonc2N)cc1. The number of hydrogen-bond acceptors (Lipinski definition) is 12. The van der Waals surface area contributed by atoms with E-state index in [4.69, 9.17) is 29.3 Å². The molecule has 0 aliphatic rings. The summed E-state index contributed by atoms with van der Waals surface area (Å²) in [6, 6.07) is 10.3. The molecular weight excluding hydrogens is 484 g/mol. The Morgan fingerprint density at radius 1 is 1.08 bits per heavy atom. The van der Waals surface area contributed by atoms with Crippen LogP contribution in [0.15, 0.2) is 46.1 Å². The second-order valence-corrected chi connectivity index (χ2v) is 7.28. The first kappa shape index (κ1) is 25.0. The maximum Gasteiger partial charge on any atom is 0.294 e. The minimum atomic E-state index is -0.638. The number of aromatic nitrogens is 5. The van der Waals surface area contributed by atoms with Gasteiger partial charge in [0, 0.05) is 17.2 Å². The van der Waals surface area contributed by atoms with Crippen molar-refractivity contribution in [3.8, 4) is 40.1 Å². The number of nitrogen functional groups attached to an aromatic ring is 1. The zero-order valence-corrected chi connectivity index (χ0v) is 20.5. The summed E-state index contributed by atoms with van der Waals surface area (Å²) in [5.74, 6) is 1.49. The van der Waals surface area contributed by atoms with Crippen molar-refractivity contribution >= 4 is 17.9 Å². The molecule has 1 amide bonds. The van der Waals surface area contributed by atoms with Crippen molar-refractivity contribution in [3.05, 3.63) is 47.7 Å². The molecule has 0 aliphatic heterocycles. The van der Waals surface area contributed by atoms with E-state index >= 15 is 0 Å². The maximum atomic E-state index is 13.1. The van der Waals surface area contributed by atoms with E-state index in [0.29, 0.717) is 46.4 Å². The van der Waals surface area contributed by atoms with Crippen LogP contribution in [0, 0.1) is 0 Å². The van der Waals surface area contributed by atoms with Crippen LogP contribution in [0.1, 0.15) is 23.0 Å². The van der Waals surface area contributed by atoms with E-state index in [9.17, 15) is 4.79 Å². The van der Waals surface area contributed by atoms with Crippen molar-refractivity contribution in [3.63, 3.8) is 0 Å². The molecule has 2 heterocycles. The van der Waals surface area contributed by atoms with Gasteiger partial charge >= 0.3 is 0 Å². The van der Waals surface area contributed by atoms with Crippen LogP contribution in [0.5, 0.6) is 23.0 Å². The van der Waals surface area contributed by atoms with Gasteiger partial charge < -0.3 is 24.7 Å². The van der Waals surface area contributed by atoms with E-state index in [2.05, 4.69) is 31.2 Å². The monoisotopic (exact) mass is 508 g/mol. The minimum Gasteiger partial charge on any atom is -0.496 e. The highest BCUT2D eigenvalue weighted by molar-refractivity contribution is 5.99. The number of carbonyl (C=O) groups excluding carboxylic acids is 1. The lowest BCUT2D eigenvalue weighted by Crippen LogP contribution is -2.19. The normalized spacial score (nSPS) is 10.9. The van der Waals surface area contributed by atoms with E-state index in [0.717, 1.165) is 0 Å². The maximum absolute atomic E-state index is 13.1. The molecule has 4 rings (SSSR count). The molecule has 2 aromatic carbocycles. The van der Waals surface area contributed by atoms with Crippen molar-refractivity contribution in [2.45, 2.75) is 6.92 Å². The number of hydrazone groups is 1. The van der Waals surface area contributed by atoms with E-state index in [1.807, 2.05) is 6.92 Å². The number of rotatable bonds is 10. The third-order valence-corrected chi connectivity index (χ3v) is 5.13. The van der Waals surface area contributed by atoms with Gasteiger partial charge in [-0.3, -0.25) is 4.79 Å². The molecule has 0 saturated carbocycles. The fourth-order valence-electron chi connectivity index (χ4n) is 3.42. The lowest BCUT2D eigenvalue weighted by Gasteiger charge is -2.11. The quantitative estimate of drug-likeness (QED) is 0.237. The van der Waals surface area contributed by atoms with Crippen LogP contribution in [0.25, 0.3) is 17.1 Å². The average molecular weight is 508 g/mol. The van der Waals surface area contributed by atoms with Crippen LogP contribution < -0.4 is 30.1 Å². The number of nitrogens with one attached hydrogen (secondary N) is 1. The van der Waals surface area contributed by atoms with Gasteiger partial charge in [-0.05, 0) is 47.6 Å². The Kier molecular flexibility index (Phi) is 7.47. The Bertz CT molecular complexity index is 1410. The van der Waals surface area contributed by atoms with Crippen molar-refractivity contribution in [1.29, 1.82) is 0 Å². The molecule has 0 radical (unpaired) electrons. The third kappa shape index (κ3) is 5.12. The van der Waals surface area contributed by atoms with Gasteiger partial charge in [-0.2, -0.15) is 9.78 Å². The van der Waals surface area contributed by atoms with Crippen LogP contribution in [-0.4, -0.2) is 65.4 Å². The first-order chi connectivity index (χ1) is 18.0. The van der Waals surface area contributed by atoms with Gasteiger partial charge in [-0.25, -0.2) is 10.1 Å². The summed E-state index contributed by atoms with van der Waals surface area (Å²) in [5, 5.41) is 19.5. The Morgan fingerprint density at radius 2 is 1.78 bits per heavy atom. The van der Waals surface area contributed by atoms with E-state index in [1.165, 1.54) is 32.2 Å². The lowest BCUT2D eigenvalue weighted by molar-refractivity contribution is 0.0950. The molecule has 0 bridgehead atoms. The highest BCUT2D eigenvalue weighted by Crippen LogP contribution is 2.34.